The van der Waals surface area contributed by atoms with Crippen LogP contribution in [0.15, 0.2) is 66.7 Å². The number of hydrogen-bond donors (Lipinski definition) is 2. The number of halogens is 1. The SMILES string of the molecule is Cc1ccc(OCCNC(=O)c2ccc(C)c(NC(=O)c3ccccc3F)c2)cc1. The molecule has 0 aromatic heterocycles. The van der Waals surface area contributed by atoms with Gasteiger partial charge in [0.1, 0.15) is 18.2 Å². The first-order chi connectivity index (χ1) is 14.4. The molecule has 0 aliphatic rings. The molecule has 3 rings (SSSR count). The zero-order chi connectivity index (χ0) is 21.5. The highest BCUT2D eigenvalue weighted by atomic mass is 19.1. The molecule has 0 unspecified atom stereocenters. The lowest BCUT2D eigenvalue weighted by atomic mass is 10.1. The van der Waals surface area contributed by atoms with Crippen LogP contribution in [0.1, 0.15) is 31.8 Å². The lowest BCUT2D eigenvalue weighted by Crippen LogP contribution is -2.28. The third-order valence-electron chi connectivity index (χ3n) is 4.54. The average molecular weight is 406 g/mol. The zero-order valence-electron chi connectivity index (χ0n) is 16.9. The van der Waals surface area contributed by atoms with E-state index in [0.717, 1.165) is 16.9 Å². The van der Waals surface area contributed by atoms with Gasteiger partial charge in [-0.15, -0.1) is 0 Å². The molecule has 0 aliphatic carbocycles. The smallest absolute Gasteiger partial charge is 0.258 e. The quantitative estimate of drug-likeness (QED) is 0.568. The molecule has 2 N–H and O–H groups in total. The normalized spacial score (nSPS) is 10.4. The first-order valence-corrected chi connectivity index (χ1v) is 9.58. The van der Waals surface area contributed by atoms with Gasteiger partial charge >= 0.3 is 0 Å². The molecular weight excluding hydrogens is 383 g/mol. The zero-order valence-corrected chi connectivity index (χ0v) is 16.9. The molecule has 0 saturated heterocycles. The number of nitrogens with one attached hydrogen (secondary N) is 2. The van der Waals surface area contributed by atoms with E-state index >= 15 is 0 Å². The summed E-state index contributed by atoms with van der Waals surface area (Å²) >= 11 is 0. The van der Waals surface area contributed by atoms with Crippen molar-refractivity contribution in [3.8, 4) is 5.75 Å². The Kier molecular flexibility index (Phi) is 6.80. The molecule has 5 nitrogen and oxygen atoms in total. The first-order valence-electron chi connectivity index (χ1n) is 9.58. The van der Waals surface area contributed by atoms with Gasteiger partial charge in [-0.05, 0) is 55.8 Å². The molecule has 0 radical (unpaired) electrons. The molecule has 30 heavy (non-hydrogen) atoms. The van der Waals surface area contributed by atoms with Crippen LogP contribution in [0.25, 0.3) is 0 Å². The van der Waals surface area contributed by atoms with Crippen molar-refractivity contribution in [2.24, 2.45) is 0 Å². The van der Waals surface area contributed by atoms with Crippen molar-refractivity contribution in [2.45, 2.75) is 13.8 Å². The van der Waals surface area contributed by atoms with E-state index in [9.17, 15) is 14.0 Å². The maximum absolute atomic E-state index is 13.8. The largest absolute Gasteiger partial charge is 0.492 e. The van der Waals surface area contributed by atoms with Gasteiger partial charge in [-0.3, -0.25) is 9.59 Å². The Labute approximate surface area is 174 Å². The number of amides is 2. The summed E-state index contributed by atoms with van der Waals surface area (Å²) in [5, 5.41) is 5.46. The van der Waals surface area contributed by atoms with Crippen LogP contribution in [-0.4, -0.2) is 25.0 Å². The van der Waals surface area contributed by atoms with E-state index in [2.05, 4.69) is 10.6 Å². The van der Waals surface area contributed by atoms with Gasteiger partial charge in [0.25, 0.3) is 11.8 Å². The van der Waals surface area contributed by atoms with Crippen LogP contribution in [0.5, 0.6) is 5.75 Å². The summed E-state index contributed by atoms with van der Waals surface area (Å²) in [6, 6.07) is 18.4. The van der Waals surface area contributed by atoms with Gasteiger partial charge in [0.05, 0.1) is 12.1 Å². The van der Waals surface area contributed by atoms with E-state index in [4.69, 9.17) is 4.74 Å². The van der Waals surface area contributed by atoms with E-state index in [1.165, 1.54) is 18.2 Å². The van der Waals surface area contributed by atoms with Crippen molar-refractivity contribution in [3.05, 3.63) is 94.8 Å². The Hall–Kier alpha value is -3.67. The van der Waals surface area contributed by atoms with Gasteiger partial charge in [-0.1, -0.05) is 35.9 Å². The summed E-state index contributed by atoms with van der Waals surface area (Å²) in [5.74, 6) is -0.720. The van der Waals surface area contributed by atoms with Gasteiger partial charge in [-0.2, -0.15) is 0 Å². The second-order valence-corrected chi connectivity index (χ2v) is 6.88. The van der Waals surface area contributed by atoms with Gasteiger partial charge < -0.3 is 15.4 Å². The monoisotopic (exact) mass is 406 g/mol. The molecule has 3 aromatic carbocycles. The number of carbonyl (C=O) groups is 2. The Morgan fingerprint density at radius 2 is 1.67 bits per heavy atom. The van der Waals surface area contributed by atoms with E-state index in [-0.39, 0.29) is 11.5 Å². The molecule has 0 heterocycles. The summed E-state index contributed by atoms with van der Waals surface area (Å²) in [4.78, 5) is 24.8. The first kappa shape index (κ1) is 21.0. The number of benzene rings is 3. The highest BCUT2D eigenvalue weighted by molar-refractivity contribution is 6.05. The molecular formula is C24H23FN2O3. The standard InChI is InChI=1S/C24H23FN2O3/c1-16-7-11-19(12-8-16)30-14-13-26-23(28)18-10-9-17(2)22(15-18)27-24(29)20-5-3-4-6-21(20)25/h3-12,15H,13-14H2,1-2H3,(H,26,28)(H,27,29). The van der Waals surface area contributed by atoms with Crippen molar-refractivity contribution in [1.82, 2.24) is 5.32 Å². The average Bonchev–Trinajstić information content (AvgIpc) is 2.74. The van der Waals surface area contributed by atoms with Crippen LogP contribution in [0, 0.1) is 19.7 Å². The van der Waals surface area contributed by atoms with Crippen LogP contribution in [0.2, 0.25) is 0 Å². The molecule has 3 aromatic rings. The minimum atomic E-state index is -0.602. The van der Waals surface area contributed by atoms with Gasteiger partial charge in [0.2, 0.25) is 0 Å². The lowest BCUT2D eigenvalue weighted by molar-refractivity contribution is 0.0945. The predicted octanol–water partition coefficient (Wildman–Crippen LogP) is 4.50. The fourth-order valence-electron chi connectivity index (χ4n) is 2.80. The molecule has 0 fully saturated rings. The van der Waals surface area contributed by atoms with Crippen LogP contribution >= 0.6 is 0 Å². The number of carbonyl (C=O) groups excluding carboxylic acids is 2. The van der Waals surface area contributed by atoms with Crippen LogP contribution in [-0.2, 0) is 0 Å². The topological polar surface area (TPSA) is 67.4 Å². The second kappa shape index (κ2) is 9.69. The summed E-state index contributed by atoms with van der Waals surface area (Å²) in [6.07, 6.45) is 0. The van der Waals surface area contributed by atoms with Gasteiger partial charge in [0.15, 0.2) is 0 Å². The van der Waals surface area contributed by atoms with Crippen molar-refractivity contribution in [2.75, 3.05) is 18.5 Å². The van der Waals surface area contributed by atoms with E-state index in [1.807, 2.05) is 31.2 Å². The Balaban J connectivity index is 1.58. The number of ether oxygens (including phenoxy) is 1. The number of anilines is 1. The molecule has 0 atom stereocenters. The third-order valence-corrected chi connectivity index (χ3v) is 4.54. The summed E-state index contributed by atoms with van der Waals surface area (Å²) in [7, 11) is 0. The van der Waals surface area contributed by atoms with Gasteiger partial charge in [-0.25, -0.2) is 4.39 Å². The fourth-order valence-corrected chi connectivity index (χ4v) is 2.80. The minimum Gasteiger partial charge on any atom is -0.492 e. The highest BCUT2D eigenvalue weighted by Gasteiger charge is 2.14. The lowest BCUT2D eigenvalue weighted by Gasteiger charge is -2.12. The highest BCUT2D eigenvalue weighted by Crippen LogP contribution is 2.19. The number of rotatable bonds is 7. The maximum Gasteiger partial charge on any atom is 0.258 e. The Morgan fingerprint density at radius 1 is 0.933 bits per heavy atom. The third kappa shape index (κ3) is 5.44. The van der Waals surface area contributed by atoms with E-state index in [0.29, 0.717) is 24.4 Å². The second-order valence-electron chi connectivity index (χ2n) is 6.88. The molecule has 0 bridgehead atoms. The van der Waals surface area contributed by atoms with Crippen molar-refractivity contribution < 1.29 is 18.7 Å². The fraction of sp³-hybridized carbons (Fsp3) is 0.167. The van der Waals surface area contributed by atoms with Crippen molar-refractivity contribution in [1.29, 1.82) is 0 Å². The Morgan fingerprint density at radius 3 is 2.40 bits per heavy atom. The molecule has 0 spiro atoms. The maximum atomic E-state index is 13.8. The van der Waals surface area contributed by atoms with Crippen LogP contribution in [0.3, 0.4) is 0 Å². The molecule has 154 valence electrons. The number of hydrogen-bond acceptors (Lipinski definition) is 3. The van der Waals surface area contributed by atoms with E-state index in [1.54, 1.807) is 31.2 Å². The minimum absolute atomic E-state index is 0.0555. The number of aryl methyl sites for hydroxylation is 2. The summed E-state index contributed by atoms with van der Waals surface area (Å²) in [6.45, 7) is 4.46. The van der Waals surface area contributed by atoms with Crippen molar-refractivity contribution >= 4 is 17.5 Å². The molecule has 0 saturated carbocycles. The van der Waals surface area contributed by atoms with Crippen molar-refractivity contribution in [3.63, 3.8) is 0 Å². The van der Waals surface area contributed by atoms with Gasteiger partial charge in [0, 0.05) is 11.3 Å². The molecule has 2 amide bonds. The summed E-state index contributed by atoms with van der Waals surface area (Å²) < 4.78 is 19.4. The Bertz CT molecular complexity index is 1050. The van der Waals surface area contributed by atoms with E-state index < -0.39 is 11.7 Å². The molecule has 6 heteroatoms. The predicted molar refractivity (Wildman–Crippen MR) is 115 cm³/mol. The van der Waals surface area contributed by atoms with Crippen LogP contribution in [0.4, 0.5) is 10.1 Å². The molecule has 0 aliphatic heterocycles. The van der Waals surface area contributed by atoms with Crippen LogP contribution < -0.4 is 15.4 Å². The summed E-state index contributed by atoms with van der Waals surface area (Å²) in [5.41, 5.74) is 2.69.